The lowest BCUT2D eigenvalue weighted by molar-refractivity contribution is 0.146. The van der Waals surface area contributed by atoms with Crippen LogP contribution in [0.25, 0.3) is 10.9 Å². The van der Waals surface area contributed by atoms with Crippen molar-refractivity contribution in [1.82, 2.24) is 9.88 Å². The number of carboxylic acid groups (broad SMARTS) is 1. The number of carbonyl (C=O) groups is 1. The summed E-state index contributed by atoms with van der Waals surface area (Å²) in [6.45, 7) is 0.122. The molecular weight excluding hydrogens is 433 g/mol. The molecule has 0 aliphatic rings. The minimum Gasteiger partial charge on any atom is -0.493 e. The van der Waals surface area contributed by atoms with Gasteiger partial charge in [0.05, 0.1) is 30.5 Å². The number of anilines is 2. The van der Waals surface area contributed by atoms with Crippen molar-refractivity contribution in [2.24, 2.45) is 0 Å². The number of hydrogen-bond donors (Lipinski definition) is 3. The lowest BCUT2D eigenvalue weighted by atomic mass is 10.1. The second kappa shape index (κ2) is 8.96. The number of halogens is 3. The quantitative estimate of drug-likeness (QED) is 0.366. The Balaban J connectivity index is 1.98. The Morgan fingerprint density at radius 3 is 2.44 bits per heavy atom. The molecule has 0 radical (unpaired) electrons. The number of fused-ring (bicyclic) bond motifs is 1. The summed E-state index contributed by atoms with van der Waals surface area (Å²) in [5, 5.41) is 9.16. The van der Waals surface area contributed by atoms with Crippen LogP contribution in [0, 0.1) is 17.5 Å². The number of rotatable bonds is 7. The molecule has 0 spiro atoms. The van der Waals surface area contributed by atoms with Crippen LogP contribution < -0.4 is 25.7 Å². The fraction of sp³-hybridized carbons (Fsp3) is 0.200. The molecule has 0 bridgehead atoms. The van der Waals surface area contributed by atoms with E-state index in [9.17, 15) is 18.0 Å². The molecule has 9 nitrogen and oxygen atoms in total. The van der Waals surface area contributed by atoms with Gasteiger partial charge in [-0.15, -0.1) is 0 Å². The zero-order valence-electron chi connectivity index (χ0n) is 17.0. The minimum atomic E-state index is -1.63. The molecule has 5 N–H and O–H groups in total. The smallest absolute Gasteiger partial charge is 0.407 e. The predicted molar refractivity (Wildman–Crippen MR) is 110 cm³/mol. The van der Waals surface area contributed by atoms with E-state index >= 15 is 0 Å². The molecule has 2 aromatic carbocycles. The van der Waals surface area contributed by atoms with E-state index in [0.717, 1.165) is 4.90 Å². The summed E-state index contributed by atoms with van der Waals surface area (Å²) in [5.41, 5.74) is 9.31. The van der Waals surface area contributed by atoms with Gasteiger partial charge in [0.2, 0.25) is 11.6 Å². The van der Waals surface area contributed by atoms with Crippen molar-refractivity contribution >= 4 is 28.4 Å². The summed E-state index contributed by atoms with van der Waals surface area (Å²) in [5.74, 6) is -5.16. The SMILES string of the molecule is COc1cc2c(Oc3c(F)c(N)c(N)c(F)c3F)ccnc2cc1OCCN(C)C(=O)O. The number of ether oxygens (including phenoxy) is 3. The number of nitrogens with two attached hydrogens (primary N) is 2. The van der Waals surface area contributed by atoms with Crippen LogP contribution in [0.2, 0.25) is 0 Å². The number of pyridine rings is 1. The van der Waals surface area contributed by atoms with Crippen molar-refractivity contribution in [2.45, 2.75) is 0 Å². The first-order valence-electron chi connectivity index (χ1n) is 9.08. The first-order chi connectivity index (χ1) is 15.1. The summed E-state index contributed by atoms with van der Waals surface area (Å²) < 4.78 is 58.8. The predicted octanol–water partition coefficient (Wildman–Crippen LogP) is 3.61. The molecule has 0 saturated heterocycles. The maximum Gasteiger partial charge on any atom is 0.407 e. The van der Waals surface area contributed by atoms with Crippen molar-refractivity contribution in [2.75, 3.05) is 38.8 Å². The van der Waals surface area contributed by atoms with Crippen molar-refractivity contribution in [3.8, 4) is 23.0 Å². The third kappa shape index (κ3) is 4.19. The van der Waals surface area contributed by atoms with E-state index < -0.39 is 40.7 Å². The number of methoxy groups -OCH3 is 1. The van der Waals surface area contributed by atoms with Gasteiger partial charge in [0.15, 0.2) is 23.1 Å². The summed E-state index contributed by atoms with van der Waals surface area (Å²) in [7, 11) is 2.75. The molecule has 1 amide bonds. The standard InChI is InChI=1S/C20H19F3N4O5/c1-27(20(28)29)5-6-31-13-8-10-9(7-12(13)30-2)11(3-4-26-10)32-19-15(22)14(21)17(24)18(25)16(19)23/h3-4,7-8H,5-6,24-25H2,1-2H3,(H,28,29). The van der Waals surface area contributed by atoms with Crippen LogP contribution in [0.4, 0.5) is 29.3 Å². The third-order valence-electron chi connectivity index (χ3n) is 4.56. The van der Waals surface area contributed by atoms with Gasteiger partial charge in [0, 0.05) is 24.7 Å². The van der Waals surface area contributed by atoms with Crippen molar-refractivity contribution in [1.29, 1.82) is 0 Å². The van der Waals surface area contributed by atoms with Gasteiger partial charge in [0.25, 0.3) is 0 Å². The second-order valence-corrected chi connectivity index (χ2v) is 6.58. The number of nitrogen functional groups attached to an aromatic ring is 2. The Bertz CT molecular complexity index is 1160. The molecule has 170 valence electrons. The highest BCUT2D eigenvalue weighted by atomic mass is 19.2. The monoisotopic (exact) mass is 452 g/mol. The Morgan fingerprint density at radius 1 is 1.09 bits per heavy atom. The molecule has 0 fully saturated rings. The number of amides is 1. The van der Waals surface area contributed by atoms with Gasteiger partial charge >= 0.3 is 6.09 Å². The summed E-state index contributed by atoms with van der Waals surface area (Å²) in [6.07, 6.45) is 0.195. The van der Waals surface area contributed by atoms with Crippen molar-refractivity contribution < 1.29 is 37.3 Å². The molecule has 0 aliphatic carbocycles. The van der Waals surface area contributed by atoms with Crippen LogP contribution in [-0.4, -0.2) is 48.4 Å². The molecule has 1 aromatic heterocycles. The minimum absolute atomic E-state index is 0.0290. The molecule has 0 atom stereocenters. The molecule has 12 heteroatoms. The summed E-state index contributed by atoms with van der Waals surface area (Å²) in [6, 6.07) is 4.24. The number of hydrogen-bond acceptors (Lipinski definition) is 7. The van der Waals surface area contributed by atoms with E-state index in [4.69, 9.17) is 30.8 Å². The normalized spacial score (nSPS) is 10.8. The molecule has 0 unspecified atom stereocenters. The van der Waals surface area contributed by atoms with Crippen molar-refractivity contribution in [3.63, 3.8) is 0 Å². The van der Waals surface area contributed by atoms with Crippen LogP contribution in [0.3, 0.4) is 0 Å². The van der Waals surface area contributed by atoms with Crippen LogP contribution in [-0.2, 0) is 0 Å². The van der Waals surface area contributed by atoms with Gasteiger partial charge in [-0.1, -0.05) is 0 Å². The number of likely N-dealkylation sites (N-methyl/N-ethyl adjacent to an activating group) is 1. The fourth-order valence-corrected chi connectivity index (χ4v) is 2.75. The van der Waals surface area contributed by atoms with E-state index in [-0.39, 0.29) is 35.8 Å². The lowest BCUT2D eigenvalue weighted by Crippen LogP contribution is -2.29. The average Bonchev–Trinajstić information content (AvgIpc) is 2.78. The molecule has 1 heterocycles. The Morgan fingerprint density at radius 2 is 1.78 bits per heavy atom. The Hall–Kier alpha value is -4.09. The molecule has 3 rings (SSSR count). The van der Waals surface area contributed by atoms with Gasteiger partial charge in [-0.2, -0.15) is 4.39 Å². The fourth-order valence-electron chi connectivity index (χ4n) is 2.75. The van der Waals surface area contributed by atoms with Crippen LogP contribution in [0.1, 0.15) is 0 Å². The lowest BCUT2D eigenvalue weighted by Gasteiger charge is -2.17. The van der Waals surface area contributed by atoms with E-state index in [2.05, 4.69) is 4.98 Å². The van der Waals surface area contributed by atoms with E-state index in [1.807, 2.05) is 0 Å². The molecule has 32 heavy (non-hydrogen) atoms. The first-order valence-corrected chi connectivity index (χ1v) is 9.08. The van der Waals surface area contributed by atoms with Crippen molar-refractivity contribution in [3.05, 3.63) is 41.8 Å². The van der Waals surface area contributed by atoms with E-state index in [1.54, 1.807) is 0 Å². The Kier molecular flexibility index (Phi) is 6.32. The van der Waals surface area contributed by atoms with E-state index in [1.165, 1.54) is 38.6 Å². The molecule has 0 saturated carbocycles. The van der Waals surface area contributed by atoms with Gasteiger partial charge in [-0.25, -0.2) is 13.6 Å². The highest BCUT2D eigenvalue weighted by molar-refractivity contribution is 5.88. The molecule has 0 aliphatic heterocycles. The zero-order chi connectivity index (χ0) is 23.6. The van der Waals surface area contributed by atoms with Crippen LogP contribution in [0.15, 0.2) is 24.4 Å². The number of aromatic nitrogens is 1. The molecular formula is C20H19F3N4O5. The van der Waals surface area contributed by atoms with E-state index in [0.29, 0.717) is 5.52 Å². The van der Waals surface area contributed by atoms with Crippen LogP contribution in [0.5, 0.6) is 23.0 Å². The second-order valence-electron chi connectivity index (χ2n) is 6.58. The number of nitrogens with zero attached hydrogens (tertiary/aromatic N) is 2. The highest BCUT2D eigenvalue weighted by Crippen LogP contribution is 2.40. The summed E-state index contributed by atoms with van der Waals surface area (Å²) in [4.78, 5) is 16.1. The van der Waals surface area contributed by atoms with Gasteiger partial charge < -0.3 is 35.7 Å². The largest absolute Gasteiger partial charge is 0.493 e. The molecule has 3 aromatic rings. The highest BCUT2D eigenvalue weighted by Gasteiger charge is 2.25. The first kappa shape index (κ1) is 22.6. The Labute approximate surface area is 179 Å². The van der Waals surface area contributed by atoms with Crippen LogP contribution >= 0.6 is 0 Å². The van der Waals surface area contributed by atoms with Gasteiger partial charge in [0.1, 0.15) is 12.4 Å². The average molecular weight is 452 g/mol. The number of benzene rings is 2. The topological polar surface area (TPSA) is 133 Å². The van der Waals surface area contributed by atoms with Gasteiger partial charge in [-0.05, 0) is 12.1 Å². The van der Waals surface area contributed by atoms with Gasteiger partial charge in [-0.3, -0.25) is 4.98 Å². The zero-order valence-corrected chi connectivity index (χ0v) is 17.0. The maximum atomic E-state index is 14.4. The summed E-state index contributed by atoms with van der Waals surface area (Å²) >= 11 is 0. The maximum absolute atomic E-state index is 14.4. The third-order valence-corrected chi connectivity index (χ3v) is 4.56.